The van der Waals surface area contributed by atoms with E-state index in [1.54, 1.807) is 6.92 Å². The van der Waals surface area contributed by atoms with Gasteiger partial charge in [-0.05, 0) is 24.1 Å². The summed E-state index contributed by atoms with van der Waals surface area (Å²) in [5.74, 6) is -1.95. The highest BCUT2D eigenvalue weighted by atomic mass is 35.5. The first kappa shape index (κ1) is 13.7. The van der Waals surface area contributed by atoms with Crippen molar-refractivity contribution in [2.75, 3.05) is 13.1 Å². The third kappa shape index (κ3) is 2.66. The Balaban J connectivity index is 2.22. The fourth-order valence-corrected chi connectivity index (χ4v) is 2.50. The Morgan fingerprint density at radius 1 is 1.37 bits per heavy atom. The highest BCUT2D eigenvalue weighted by molar-refractivity contribution is 6.33. The van der Waals surface area contributed by atoms with Crippen molar-refractivity contribution in [3.63, 3.8) is 0 Å². The number of phenolic OH excluding ortho intramolecular Hbond substituents is 1. The summed E-state index contributed by atoms with van der Waals surface area (Å²) in [5, 5.41) is 18.7. The average Bonchev–Trinajstić information content (AvgIpc) is 2.74. The monoisotopic (exact) mass is 283 g/mol. The van der Waals surface area contributed by atoms with E-state index in [1.165, 1.54) is 23.1 Å². The van der Waals surface area contributed by atoms with Crippen molar-refractivity contribution in [1.82, 2.24) is 4.90 Å². The number of carbonyl (C=O) groups excluding carboxylic acids is 1. The number of likely N-dealkylation sites (tertiary alicyclic amines) is 1. The Morgan fingerprint density at radius 2 is 2.05 bits per heavy atom. The van der Waals surface area contributed by atoms with Crippen LogP contribution in [0.4, 0.5) is 0 Å². The molecule has 0 saturated carbocycles. The van der Waals surface area contributed by atoms with Gasteiger partial charge in [-0.2, -0.15) is 0 Å². The Bertz CT molecular complexity index is 531. The maximum absolute atomic E-state index is 12.3. The molecule has 1 fully saturated rings. The van der Waals surface area contributed by atoms with Crippen LogP contribution in [-0.4, -0.2) is 40.1 Å². The smallest absolute Gasteiger partial charge is 0.308 e. The standard InChI is InChI=1S/C13H14ClNO4/c1-7-5-15(6-10(7)13(18)19)12(17)9-4-8(16)2-3-11(9)14/h2-4,7,10,16H,5-6H2,1H3,(H,18,19)/t7-,10-/m1/s1. The van der Waals surface area contributed by atoms with Gasteiger partial charge < -0.3 is 15.1 Å². The molecular formula is C13H14ClNO4. The number of hydrogen-bond acceptors (Lipinski definition) is 3. The third-order valence-corrected chi connectivity index (χ3v) is 3.73. The van der Waals surface area contributed by atoms with Crippen LogP contribution in [0.3, 0.4) is 0 Å². The summed E-state index contributed by atoms with van der Waals surface area (Å²) in [4.78, 5) is 24.8. The zero-order chi connectivity index (χ0) is 14.2. The molecular weight excluding hydrogens is 270 g/mol. The lowest BCUT2D eigenvalue weighted by atomic mass is 9.99. The van der Waals surface area contributed by atoms with Gasteiger partial charge in [0.15, 0.2) is 0 Å². The van der Waals surface area contributed by atoms with Gasteiger partial charge in [0.2, 0.25) is 0 Å². The highest BCUT2D eigenvalue weighted by Gasteiger charge is 2.37. The van der Waals surface area contributed by atoms with Crippen LogP contribution in [0.2, 0.25) is 5.02 Å². The van der Waals surface area contributed by atoms with Crippen LogP contribution >= 0.6 is 11.6 Å². The second-order valence-corrected chi connectivity index (χ2v) is 5.20. The summed E-state index contributed by atoms with van der Waals surface area (Å²) < 4.78 is 0. The van der Waals surface area contributed by atoms with Crippen LogP contribution in [0.5, 0.6) is 5.75 Å². The largest absolute Gasteiger partial charge is 0.508 e. The van der Waals surface area contributed by atoms with E-state index in [2.05, 4.69) is 0 Å². The van der Waals surface area contributed by atoms with E-state index in [0.717, 1.165) is 0 Å². The first-order valence-corrected chi connectivity index (χ1v) is 6.28. The number of aromatic hydroxyl groups is 1. The van der Waals surface area contributed by atoms with Crippen molar-refractivity contribution in [1.29, 1.82) is 0 Å². The van der Waals surface area contributed by atoms with E-state index in [4.69, 9.17) is 16.7 Å². The number of carboxylic acid groups (broad SMARTS) is 1. The number of amides is 1. The maximum atomic E-state index is 12.3. The topological polar surface area (TPSA) is 77.8 Å². The molecule has 1 amide bonds. The van der Waals surface area contributed by atoms with Crippen LogP contribution in [0.15, 0.2) is 18.2 Å². The van der Waals surface area contributed by atoms with Crippen molar-refractivity contribution in [2.45, 2.75) is 6.92 Å². The molecule has 1 aliphatic rings. The lowest BCUT2D eigenvalue weighted by Crippen LogP contribution is -2.30. The molecule has 1 aromatic rings. The van der Waals surface area contributed by atoms with Gasteiger partial charge in [0.1, 0.15) is 5.75 Å². The molecule has 19 heavy (non-hydrogen) atoms. The summed E-state index contributed by atoms with van der Waals surface area (Å²) in [6.45, 7) is 2.35. The molecule has 0 unspecified atom stereocenters. The number of phenols is 1. The molecule has 0 bridgehead atoms. The molecule has 102 valence electrons. The van der Waals surface area contributed by atoms with E-state index >= 15 is 0 Å². The molecule has 0 aliphatic carbocycles. The number of nitrogens with zero attached hydrogens (tertiary/aromatic N) is 1. The van der Waals surface area contributed by atoms with E-state index in [0.29, 0.717) is 6.54 Å². The normalized spacial score (nSPS) is 22.5. The Morgan fingerprint density at radius 3 is 2.63 bits per heavy atom. The Kier molecular flexibility index (Phi) is 3.66. The van der Waals surface area contributed by atoms with Gasteiger partial charge >= 0.3 is 5.97 Å². The van der Waals surface area contributed by atoms with Gasteiger partial charge in [0.25, 0.3) is 5.91 Å². The van der Waals surface area contributed by atoms with Gasteiger partial charge in [-0.25, -0.2) is 0 Å². The van der Waals surface area contributed by atoms with Gasteiger partial charge in [-0.1, -0.05) is 18.5 Å². The zero-order valence-electron chi connectivity index (χ0n) is 10.3. The van der Waals surface area contributed by atoms with Crippen LogP contribution in [0, 0.1) is 11.8 Å². The van der Waals surface area contributed by atoms with Gasteiger partial charge in [-0.3, -0.25) is 9.59 Å². The quantitative estimate of drug-likeness (QED) is 0.868. The summed E-state index contributed by atoms with van der Waals surface area (Å²) in [6.07, 6.45) is 0. The third-order valence-electron chi connectivity index (χ3n) is 3.40. The molecule has 1 saturated heterocycles. The number of halogens is 1. The van der Waals surface area contributed by atoms with E-state index in [-0.39, 0.29) is 34.7 Å². The number of carboxylic acids is 1. The van der Waals surface area contributed by atoms with Crippen molar-refractivity contribution >= 4 is 23.5 Å². The number of hydrogen-bond donors (Lipinski definition) is 2. The van der Waals surface area contributed by atoms with Crippen LogP contribution in [-0.2, 0) is 4.79 Å². The summed E-state index contributed by atoms with van der Waals surface area (Å²) in [7, 11) is 0. The number of aliphatic carboxylic acids is 1. The fraction of sp³-hybridized carbons (Fsp3) is 0.385. The Hall–Kier alpha value is -1.75. The molecule has 2 N–H and O–H groups in total. The van der Waals surface area contributed by atoms with Gasteiger partial charge in [0, 0.05) is 13.1 Å². The fourth-order valence-electron chi connectivity index (χ4n) is 2.30. The van der Waals surface area contributed by atoms with Crippen LogP contribution < -0.4 is 0 Å². The predicted molar refractivity (Wildman–Crippen MR) is 69.3 cm³/mol. The number of carbonyl (C=O) groups is 2. The molecule has 1 aliphatic heterocycles. The highest BCUT2D eigenvalue weighted by Crippen LogP contribution is 2.28. The van der Waals surface area contributed by atoms with E-state index in [9.17, 15) is 14.7 Å². The molecule has 0 radical (unpaired) electrons. The van der Waals surface area contributed by atoms with Crippen molar-refractivity contribution in [2.24, 2.45) is 11.8 Å². The Labute approximate surface area is 115 Å². The number of benzene rings is 1. The van der Waals surface area contributed by atoms with Crippen molar-refractivity contribution in [3.05, 3.63) is 28.8 Å². The molecule has 1 aromatic carbocycles. The summed E-state index contributed by atoms with van der Waals surface area (Å²) >= 11 is 5.93. The molecule has 0 spiro atoms. The van der Waals surface area contributed by atoms with Gasteiger partial charge in [0.05, 0.1) is 16.5 Å². The van der Waals surface area contributed by atoms with Crippen molar-refractivity contribution in [3.8, 4) is 5.75 Å². The first-order chi connectivity index (χ1) is 8.90. The van der Waals surface area contributed by atoms with Crippen LogP contribution in [0.1, 0.15) is 17.3 Å². The first-order valence-electron chi connectivity index (χ1n) is 5.90. The SMILES string of the molecule is C[C@@H]1CN(C(=O)c2cc(O)ccc2Cl)C[C@H]1C(=O)O. The van der Waals surface area contributed by atoms with E-state index < -0.39 is 11.9 Å². The average molecular weight is 284 g/mol. The second kappa shape index (κ2) is 5.09. The minimum Gasteiger partial charge on any atom is -0.508 e. The van der Waals surface area contributed by atoms with E-state index in [1.807, 2.05) is 0 Å². The van der Waals surface area contributed by atoms with Crippen LogP contribution in [0.25, 0.3) is 0 Å². The molecule has 6 heteroatoms. The van der Waals surface area contributed by atoms with Crippen molar-refractivity contribution < 1.29 is 19.8 Å². The number of rotatable bonds is 2. The molecule has 1 heterocycles. The molecule has 5 nitrogen and oxygen atoms in total. The zero-order valence-corrected chi connectivity index (χ0v) is 11.1. The second-order valence-electron chi connectivity index (χ2n) is 4.80. The predicted octanol–water partition coefficient (Wildman–Crippen LogP) is 1.84. The lowest BCUT2D eigenvalue weighted by Gasteiger charge is -2.16. The maximum Gasteiger partial charge on any atom is 0.308 e. The molecule has 2 atom stereocenters. The summed E-state index contributed by atoms with van der Waals surface area (Å²) in [5.41, 5.74) is 0.194. The molecule has 0 aromatic heterocycles. The lowest BCUT2D eigenvalue weighted by molar-refractivity contribution is -0.142. The summed E-state index contributed by atoms with van der Waals surface area (Å²) in [6, 6.07) is 4.13. The molecule has 2 rings (SSSR count). The minimum atomic E-state index is -0.898. The minimum absolute atomic E-state index is 0.0465. The van der Waals surface area contributed by atoms with Gasteiger partial charge in [-0.15, -0.1) is 0 Å².